The Hall–Kier alpha value is -3.42. The highest BCUT2D eigenvalue weighted by Crippen LogP contribution is 2.31. The maximum atomic E-state index is 12.4. The van der Waals surface area contributed by atoms with Crippen LogP contribution in [0.2, 0.25) is 0 Å². The molecular formula is C21H25F3N6O2. The number of likely N-dealkylation sites (tertiary alicyclic amines) is 2. The molecule has 0 radical (unpaired) electrons. The summed E-state index contributed by atoms with van der Waals surface area (Å²) in [5.41, 5.74) is 0.721. The lowest BCUT2D eigenvalue weighted by Crippen LogP contribution is -2.44. The summed E-state index contributed by atoms with van der Waals surface area (Å²) in [4.78, 5) is 15.6. The number of alkyl halides is 3. The van der Waals surface area contributed by atoms with Crippen molar-refractivity contribution in [3.63, 3.8) is 0 Å². The van der Waals surface area contributed by atoms with Gasteiger partial charge in [-0.2, -0.15) is 10.4 Å². The molecule has 4 rings (SSSR count). The fourth-order valence-corrected chi connectivity index (χ4v) is 3.76. The van der Waals surface area contributed by atoms with Crippen molar-refractivity contribution in [3.8, 4) is 11.9 Å². The molecule has 172 valence electrons. The zero-order chi connectivity index (χ0) is 23.1. The van der Waals surface area contributed by atoms with Gasteiger partial charge in [0.1, 0.15) is 5.75 Å². The summed E-state index contributed by atoms with van der Waals surface area (Å²) in [5.74, 6) is -0.280. The maximum Gasteiger partial charge on any atom is 0.573 e. The van der Waals surface area contributed by atoms with Crippen LogP contribution in [-0.4, -0.2) is 64.2 Å². The zero-order valence-corrected chi connectivity index (χ0v) is 17.6. The van der Waals surface area contributed by atoms with Crippen molar-refractivity contribution in [2.24, 2.45) is 7.05 Å². The highest BCUT2D eigenvalue weighted by Gasteiger charge is 2.33. The average Bonchev–Trinajstić information content (AvgIpc) is 3.49. The van der Waals surface area contributed by atoms with Crippen LogP contribution in [0.3, 0.4) is 0 Å². The molecule has 2 aliphatic rings. The second-order valence-electron chi connectivity index (χ2n) is 7.71. The number of halogens is 3. The molecule has 2 unspecified atom stereocenters. The molecular weight excluding hydrogens is 425 g/mol. The van der Waals surface area contributed by atoms with E-state index in [-0.39, 0.29) is 23.7 Å². The fourth-order valence-electron chi connectivity index (χ4n) is 3.76. The molecule has 11 heteroatoms. The first-order valence-electron chi connectivity index (χ1n) is 10.2. The molecule has 2 aromatic rings. The summed E-state index contributed by atoms with van der Waals surface area (Å²) in [7, 11) is 1.89. The van der Waals surface area contributed by atoms with Gasteiger partial charge in [0.25, 0.3) is 0 Å². The molecule has 0 saturated carbocycles. The number of benzene rings is 1. The average molecular weight is 450 g/mol. The van der Waals surface area contributed by atoms with Crippen molar-refractivity contribution < 1.29 is 22.7 Å². The molecule has 2 saturated heterocycles. The van der Waals surface area contributed by atoms with E-state index in [9.17, 15) is 18.0 Å². The van der Waals surface area contributed by atoms with E-state index in [1.807, 2.05) is 19.3 Å². The van der Waals surface area contributed by atoms with Gasteiger partial charge in [-0.15, -0.1) is 13.2 Å². The molecule has 32 heavy (non-hydrogen) atoms. The van der Waals surface area contributed by atoms with E-state index in [0.29, 0.717) is 32.6 Å². The highest BCUT2D eigenvalue weighted by atomic mass is 19.4. The van der Waals surface area contributed by atoms with E-state index in [1.165, 1.54) is 18.2 Å². The van der Waals surface area contributed by atoms with Crippen LogP contribution in [-0.2, 0) is 7.05 Å². The third-order valence-corrected chi connectivity index (χ3v) is 5.33. The van der Waals surface area contributed by atoms with Gasteiger partial charge in [0.05, 0.1) is 6.04 Å². The monoisotopic (exact) mass is 450 g/mol. The van der Waals surface area contributed by atoms with Crippen molar-refractivity contribution in [2.75, 3.05) is 26.2 Å². The summed E-state index contributed by atoms with van der Waals surface area (Å²) in [6, 6.07) is 7.55. The predicted octanol–water partition coefficient (Wildman–Crippen LogP) is 3.06. The van der Waals surface area contributed by atoms with Gasteiger partial charge in [0, 0.05) is 51.5 Å². The van der Waals surface area contributed by atoms with Crippen LogP contribution in [0, 0.1) is 11.5 Å². The third kappa shape index (κ3) is 6.80. The molecule has 2 amide bonds. The lowest BCUT2D eigenvalue weighted by Gasteiger charge is -2.20. The number of carbonyl (C=O) groups is 1. The van der Waals surface area contributed by atoms with Crippen molar-refractivity contribution in [3.05, 3.63) is 48.3 Å². The van der Waals surface area contributed by atoms with Crippen molar-refractivity contribution >= 4 is 6.03 Å². The Labute approximate surface area is 184 Å². The second kappa shape index (κ2) is 10.3. The molecule has 2 fully saturated rings. The smallest absolute Gasteiger partial charge is 0.406 e. The Morgan fingerprint density at radius 2 is 2.06 bits per heavy atom. The van der Waals surface area contributed by atoms with Crippen LogP contribution in [0.5, 0.6) is 5.75 Å². The minimum absolute atomic E-state index is 0.0308. The lowest BCUT2D eigenvalue weighted by atomic mass is 9.98. The minimum Gasteiger partial charge on any atom is -0.406 e. The van der Waals surface area contributed by atoms with E-state index < -0.39 is 6.36 Å². The lowest BCUT2D eigenvalue weighted by molar-refractivity contribution is -0.274. The number of urea groups is 1. The largest absolute Gasteiger partial charge is 0.573 e. The molecule has 1 aromatic carbocycles. The third-order valence-electron chi connectivity index (χ3n) is 5.33. The van der Waals surface area contributed by atoms with Gasteiger partial charge in [-0.25, -0.2) is 4.79 Å². The number of rotatable bonds is 3. The molecule has 0 aliphatic carbocycles. The quantitative estimate of drug-likeness (QED) is 0.727. The SMILES string of the molecule is Cn1cccn1.N#CN1CCC(NC(=O)N2CCC(c3cccc(OC(F)(F)F)c3)C2)C1. The van der Waals surface area contributed by atoms with Crippen molar-refractivity contribution in [1.29, 1.82) is 5.26 Å². The summed E-state index contributed by atoms with van der Waals surface area (Å²) >= 11 is 0. The van der Waals surface area contributed by atoms with Gasteiger partial charge in [-0.3, -0.25) is 4.68 Å². The van der Waals surface area contributed by atoms with Gasteiger partial charge in [0.2, 0.25) is 0 Å². The normalized spacial score (nSPS) is 20.3. The van der Waals surface area contributed by atoms with Crippen LogP contribution >= 0.6 is 0 Å². The Balaban J connectivity index is 0.000000416. The molecule has 8 nitrogen and oxygen atoms in total. The van der Waals surface area contributed by atoms with Gasteiger partial charge >= 0.3 is 12.4 Å². The van der Waals surface area contributed by atoms with E-state index in [0.717, 1.165) is 12.0 Å². The summed E-state index contributed by atoms with van der Waals surface area (Å²) in [6.07, 6.45) is 2.39. The topological polar surface area (TPSA) is 86.4 Å². The molecule has 0 spiro atoms. The standard InChI is InChI=1S/C17H19F3N4O2.C4H6N2/c18-17(19,20)26-15-3-1-2-12(8-15)13-4-7-24(9-13)16(25)22-14-5-6-23(10-14)11-21;1-6-4-2-3-5-6/h1-3,8,13-14H,4-7,9-10H2,(H,22,25);2-4H,1H3. The molecule has 1 aromatic heterocycles. The second-order valence-corrected chi connectivity index (χ2v) is 7.71. The van der Waals surface area contributed by atoms with Gasteiger partial charge in [-0.1, -0.05) is 12.1 Å². The van der Waals surface area contributed by atoms with E-state index >= 15 is 0 Å². The van der Waals surface area contributed by atoms with E-state index in [2.05, 4.69) is 21.3 Å². The van der Waals surface area contributed by atoms with Gasteiger partial charge in [0.15, 0.2) is 6.19 Å². The van der Waals surface area contributed by atoms with Gasteiger partial charge in [-0.05, 0) is 36.6 Å². The Kier molecular flexibility index (Phi) is 7.45. The number of nitrogens with one attached hydrogen (secondary N) is 1. The number of nitriles is 1. The minimum atomic E-state index is -4.72. The number of nitrogens with zero attached hydrogens (tertiary/aromatic N) is 5. The summed E-state index contributed by atoms with van der Waals surface area (Å²) in [5, 5.41) is 15.6. The zero-order valence-electron chi connectivity index (χ0n) is 17.6. The van der Waals surface area contributed by atoms with E-state index in [4.69, 9.17) is 5.26 Å². The molecule has 3 heterocycles. The number of amides is 2. The number of hydrogen-bond acceptors (Lipinski definition) is 5. The first kappa shape index (κ1) is 23.2. The highest BCUT2D eigenvalue weighted by molar-refractivity contribution is 5.75. The molecule has 2 atom stereocenters. The number of aryl methyl sites for hydroxylation is 1. The Bertz CT molecular complexity index is 928. The van der Waals surface area contributed by atoms with E-state index in [1.54, 1.807) is 26.7 Å². The fraction of sp³-hybridized carbons (Fsp3) is 0.476. The van der Waals surface area contributed by atoms with Crippen LogP contribution < -0.4 is 10.1 Å². The Morgan fingerprint density at radius 3 is 2.66 bits per heavy atom. The number of hydrogen-bond donors (Lipinski definition) is 1. The van der Waals surface area contributed by atoms with Crippen LogP contribution in [0.25, 0.3) is 0 Å². The number of aromatic nitrogens is 2. The first-order chi connectivity index (χ1) is 15.2. The van der Waals surface area contributed by atoms with Crippen molar-refractivity contribution in [2.45, 2.75) is 31.2 Å². The summed E-state index contributed by atoms with van der Waals surface area (Å²) in [6.45, 7) is 2.12. The summed E-state index contributed by atoms with van der Waals surface area (Å²) < 4.78 is 42.8. The van der Waals surface area contributed by atoms with Crippen molar-refractivity contribution in [1.82, 2.24) is 24.9 Å². The molecule has 2 aliphatic heterocycles. The number of carbonyl (C=O) groups excluding carboxylic acids is 1. The Morgan fingerprint density at radius 1 is 1.25 bits per heavy atom. The first-order valence-corrected chi connectivity index (χ1v) is 10.2. The maximum absolute atomic E-state index is 12.4. The predicted molar refractivity (Wildman–Crippen MR) is 109 cm³/mol. The van der Waals surface area contributed by atoms with Crippen LogP contribution in [0.15, 0.2) is 42.7 Å². The molecule has 0 bridgehead atoms. The number of ether oxygens (including phenoxy) is 1. The molecule has 1 N–H and O–H groups in total. The van der Waals surface area contributed by atoms with Crippen LogP contribution in [0.4, 0.5) is 18.0 Å². The van der Waals surface area contributed by atoms with Crippen LogP contribution in [0.1, 0.15) is 24.3 Å². The van der Waals surface area contributed by atoms with Gasteiger partial charge < -0.3 is 19.9 Å².